The highest BCUT2D eigenvalue weighted by Gasteiger charge is 2.52. The predicted molar refractivity (Wildman–Crippen MR) is 128 cm³/mol. The van der Waals surface area contributed by atoms with Crippen LogP contribution in [0.2, 0.25) is 0 Å². The minimum atomic E-state index is -0.671. The van der Waals surface area contributed by atoms with Crippen LogP contribution in [0, 0.1) is 5.82 Å². The van der Waals surface area contributed by atoms with Gasteiger partial charge in [0.25, 0.3) is 0 Å². The van der Waals surface area contributed by atoms with Gasteiger partial charge < -0.3 is 16.0 Å². The van der Waals surface area contributed by atoms with E-state index in [0.29, 0.717) is 19.3 Å². The Morgan fingerprint density at radius 3 is 2.24 bits per heavy atom. The lowest BCUT2D eigenvalue weighted by Gasteiger charge is -2.40. The van der Waals surface area contributed by atoms with Crippen molar-refractivity contribution in [3.63, 3.8) is 0 Å². The summed E-state index contributed by atoms with van der Waals surface area (Å²) in [6.07, 6.45) is 5.42. The van der Waals surface area contributed by atoms with Crippen LogP contribution in [-0.2, 0) is 21.4 Å². The molecule has 3 aliphatic rings. The van der Waals surface area contributed by atoms with Gasteiger partial charge in [0.1, 0.15) is 11.9 Å². The van der Waals surface area contributed by atoms with E-state index in [-0.39, 0.29) is 35.8 Å². The number of hydrogen-bond donors (Lipinski definition) is 2. The van der Waals surface area contributed by atoms with Gasteiger partial charge in [-0.15, -0.1) is 0 Å². The molecule has 33 heavy (non-hydrogen) atoms. The number of piperidine rings is 1. The molecule has 2 saturated heterocycles. The molecule has 5 nitrogen and oxygen atoms in total. The first kappa shape index (κ1) is 22.5. The Hall–Kier alpha value is -2.25. The average Bonchev–Trinajstić information content (AvgIpc) is 3.55. The van der Waals surface area contributed by atoms with E-state index < -0.39 is 11.5 Å². The number of hydrogen-bond acceptors (Lipinski definition) is 3. The summed E-state index contributed by atoms with van der Waals surface area (Å²) < 4.78 is 14.4. The minimum Gasteiger partial charge on any atom is -0.343 e. The smallest absolute Gasteiger partial charge is 0.245 e. The topological polar surface area (TPSA) is 75.4 Å². The highest BCUT2D eigenvalue weighted by atomic mass is 79.9. The number of benzene rings is 2. The molecular weight excluding hydrogens is 485 g/mol. The number of fused-ring (bicyclic) bond motifs is 2. The van der Waals surface area contributed by atoms with Crippen molar-refractivity contribution < 1.29 is 14.0 Å². The van der Waals surface area contributed by atoms with Crippen molar-refractivity contribution in [3.05, 3.63) is 69.9 Å². The third kappa shape index (κ3) is 4.45. The lowest BCUT2D eigenvalue weighted by molar-refractivity contribution is -0.140. The standard InChI is InChI=1S/C26H29BrFN3O2/c27-18-5-1-16(2-6-18)13-23(24(32)31-21-9-10-22(31)15-20(29)14-21)30-25(33)26(11-12-26)17-3-7-19(28)8-4-17/h1-8,20-23H,9-15,29H2,(H,30,33). The van der Waals surface area contributed by atoms with Gasteiger partial charge in [-0.3, -0.25) is 9.59 Å². The fourth-order valence-electron chi connectivity index (χ4n) is 5.65. The van der Waals surface area contributed by atoms with Gasteiger partial charge in [-0.25, -0.2) is 4.39 Å². The highest BCUT2D eigenvalue weighted by molar-refractivity contribution is 9.10. The predicted octanol–water partition coefficient (Wildman–Crippen LogP) is 3.83. The molecule has 2 aromatic rings. The van der Waals surface area contributed by atoms with Crippen LogP contribution >= 0.6 is 15.9 Å². The largest absolute Gasteiger partial charge is 0.343 e. The fraction of sp³-hybridized carbons (Fsp3) is 0.462. The van der Waals surface area contributed by atoms with Crippen molar-refractivity contribution in [1.29, 1.82) is 0 Å². The lowest BCUT2D eigenvalue weighted by atomic mass is 9.93. The maximum Gasteiger partial charge on any atom is 0.245 e. The Labute approximate surface area is 202 Å². The molecule has 174 valence electrons. The van der Waals surface area contributed by atoms with E-state index in [1.165, 1.54) is 12.1 Å². The fourth-order valence-corrected chi connectivity index (χ4v) is 5.92. The first-order valence-corrected chi connectivity index (χ1v) is 12.5. The maximum atomic E-state index is 13.8. The second kappa shape index (κ2) is 8.84. The summed E-state index contributed by atoms with van der Waals surface area (Å²) in [5.74, 6) is -0.483. The Balaban J connectivity index is 1.39. The van der Waals surface area contributed by atoms with Crippen LogP contribution in [0.1, 0.15) is 49.7 Å². The number of rotatable bonds is 6. The van der Waals surface area contributed by atoms with Gasteiger partial charge in [-0.2, -0.15) is 0 Å². The van der Waals surface area contributed by atoms with E-state index in [4.69, 9.17) is 5.73 Å². The molecule has 1 saturated carbocycles. The summed E-state index contributed by atoms with van der Waals surface area (Å²) in [6.45, 7) is 0. The maximum absolute atomic E-state index is 13.8. The zero-order chi connectivity index (χ0) is 23.2. The first-order valence-electron chi connectivity index (χ1n) is 11.7. The number of amides is 2. The number of nitrogens with two attached hydrogens (primary N) is 1. The summed E-state index contributed by atoms with van der Waals surface area (Å²) in [7, 11) is 0. The highest BCUT2D eigenvalue weighted by Crippen LogP contribution is 2.48. The monoisotopic (exact) mass is 513 g/mol. The SMILES string of the molecule is NC1CC2CCC(C1)N2C(=O)C(Cc1ccc(Br)cc1)NC(=O)C1(c2ccc(F)cc2)CC1. The Bertz CT molecular complexity index is 1020. The van der Waals surface area contributed by atoms with Crippen LogP contribution in [0.5, 0.6) is 0 Å². The third-order valence-electron chi connectivity index (χ3n) is 7.56. The first-order chi connectivity index (χ1) is 15.9. The van der Waals surface area contributed by atoms with Crippen LogP contribution in [0.4, 0.5) is 4.39 Å². The molecule has 2 amide bonds. The zero-order valence-electron chi connectivity index (χ0n) is 18.5. The Morgan fingerprint density at radius 2 is 1.67 bits per heavy atom. The van der Waals surface area contributed by atoms with Gasteiger partial charge in [-0.05, 0) is 73.9 Å². The Morgan fingerprint density at radius 1 is 1.06 bits per heavy atom. The molecule has 3 fully saturated rings. The van der Waals surface area contributed by atoms with Crippen molar-refractivity contribution in [2.45, 2.75) is 74.5 Å². The molecule has 2 bridgehead atoms. The number of carbonyl (C=O) groups is 2. The lowest BCUT2D eigenvalue weighted by Crippen LogP contribution is -2.58. The van der Waals surface area contributed by atoms with E-state index in [0.717, 1.165) is 41.3 Å². The van der Waals surface area contributed by atoms with E-state index in [1.54, 1.807) is 12.1 Å². The molecular formula is C26H29BrFN3O2. The molecule has 0 spiro atoms. The van der Waals surface area contributed by atoms with Crippen LogP contribution < -0.4 is 11.1 Å². The van der Waals surface area contributed by atoms with Crippen LogP contribution in [0.3, 0.4) is 0 Å². The molecule has 5 rings (SSSR count). The zero-order valence-corrected chi connectivity index (χ0v) is 20.1. The molecule has 0 radical (unpaired) electrons. The second-order valence-corrected chi connectivity index (χ2v) is 10.7. The van der Waals surface area contributed by atoms with Crippen molar-refractivity contribution in [2.24, 2.45) is 5.73 Å². The van der Waals surface area contributed by atoms with Gasteiger partial charge in [0, 0.05) is 29.0 Å². The van der Waals surface area contributed by atoms with Gasteiger partial charge in [-0.1, -0.05) is 40.2 Å². The summed E-state index contributed by atoms with van der Waals surface area (Å²) in [4.78, 5) is 29.3. The molecule has 3 unspecified atom stereocenters. The van der Waals surface area contributed by atoms with Crippen molar-refractivity contribution in [2.75, 3.05) is 0 Å². The number of nitrogens with one attached hydrogen (secondary N) is 1. The van der Waals surface area contributed by atoms with Crippen molar-refractivity contribution in [3.8, 4) is 0 Å². The van der Waals surface area contributed by atoms with Crippen molar-refractivity contribution in [1.82, 2.24) is 10.2 Å². The second-order valence-electron chi connectivity index (χ2n) is 9.81. The van der Waals surface area contributed by atoms with Gasteiger partial charge in [0.15, 0.2) is 0 Å². The molecule has 2 heterocycles. The quantitative estimate of drug-likeness (QED) is 0.616. The summed E-state index contributed by atoms with van der Waals surface area (Å²) in [5.41, 5.74) is 7.34. The average molecular weight is 514 g/mol. The summed E-state index contributed by atoms with van der Waals surface area (Å²) >= 11 is 3.45. The van der Waals surface area contributed by atoms with Crippen molar-refractivity contribution >= 4 is 27.7 Å². The minimum absolute atomic E-state index is 0.0134. The van der Waals surface area contributed by atoms with Gasteiger partial charge in [0.05, 0.1) is 5.41 Å². The molecule has 2 aliphatic heterocycles. The van der Waals surface area contributed by atoms with E-state index in [9.17, 15) is 14.0 Å². The number of halogens is 2. The van der Waals surface area contributed by atoms with Gasteiger partial charge in [0.2, 0.25) is 11.8 Å². The van der Waals surface area contributed by atoms with E-state index in [2.05, 4.69) is 21.2 Å². The van der Waals surface area contributed by atoms with Crippen LogP contribution in [0.15, 0.2) is 53.0 Å². The molecule has 1 aliphatic carbocycles. The molecule has 3 atom stereocenters. The number of carbonyl (C=O) groups excluding carboxylic acids is 2. The van der Waals surface area contributed by atoms with Crippen LogP contribution in [0.25, 0.3) is 0 Å². The van der Waals surface area contributed by atoms with Gasteiger partial charge >= 0.3 is 0 Å². The van der Waals surface area contributed by atoms with E-state index >= 15 is 0 Å². The third-order valence-corrected chi connectivity index (χ3v) is 8.09. The Kier molecular flexibility index (Phi) is 6.04. The molecule has 3 N–H and O–H groups in total. The number of nitrogens with zero attached hydrogens (tertiary/aromatic N) is 1. The molecule has 2 aromatic carbocycles. The summed E-state index contributed by atoms with van der Waals surface area (Å²) in [5, 5.41) is 3.11. The molecule has 0 aromatic heterocycles. The van der Waals surface area contributed by atoms with E-state index in [1.807, 2.05) is 29.2 Å². The normalized spacial score (nSPS) is 26.0. The molecule has 7 heteroatoms. The van der Waals surface area contributed by atoms with Crippen LogP contribution in [-0.4, -0.2) is 40.9 Å². The summed E-state index contributed by atoms with van der Waals surface area (Å²) in [6, 6.07) is 13.8.